The fourth-order valence-corrected chi connectivity index (χ4v) is 2.12. The Morgan fingerprint density at radius 2 is 2.00 bits per heavy atom. The van der Waals surface area contributed by atoms with Gasteiger partial charge in [-0.1, -0.05) is 18.2 Å². The Labute approximate surface area is 112 Å². The summed E-state index contributed by atoms with van der Waals surface area (Å²) in [5.74, 6) is -0.174. The van der Waals surface area contributed by atoms with Gasteiger partial charge in [0.1, 0.15) is 0 Å². The molecule has 1 aromatic rings. The molecule has 18 heavy (non-hydrogen) atoms. The Kier molecular flexibility index (Phi) is 5.26. The maximum absolute atomic E-state index is 10.9. The molecule has 0 saturated carbocycles. The van der Waals surface area contributed by atoms with Gasteiger partial charge in [-0.3, -0.25) is 0 Å². The van der Waals surface area contributed by atoms with Crippen LogP contribution in [-0.4, -0.2) is 20.1 Å². The molecular weight excluding hydrogens is 270 g/mol. The summed E-state index contributed by atoms with van der Waals surface area (Å²) < 4.78 is 21.8. The van der Waals surface area contributed by atoms with Crippen molar-refractivity contribution in [1.29, 1.82) is 0 Å². The maximum atomic E-state index is 10.9. The lowest BCUT2D eigenvalue weighted by Crippen LogP contribution is -2.28. The minimum atomic E-state index is -3.49. The van der Waals surface area contributed by atoms with Crippen LogP contribution in [-0.2, 0) is 15.8 Å². The summed E-state index contributed by atoms with van der Waals surface area (Å²) >= 11 is 5.04. The quantitative estimate of drug-likeness (QED) is 0.554. The van der Waals surface area contributed by atoms with Crippen LogP contribution in [0, 0.1) is 0 Å². The first-order valence-electron chi connectivity index (χ1n) is 5.16. The van der Waals surface area contributed by atoms with Gasteiger partial charge in [0.2, 0.25) is 10.0 Å². The average molecular weight is 285 g/mol. The summed E-state index contributed by atoms with van der Waals surface area (Å²) in [5.41, 5.74) is 1.41. The topological polar surface area (TPSA) is 84.2 Å². The van der Waals surface area contributed by atoms with Gasteiger partial charge in [0.15, 0.2) is 5.11 Å². The molecule has 0 bridgehead atoms. The number of hydrogen-bond acceptors (Lipinski definition) is 3. The molecule has 1 rings (SSSR count). The number of thiocarbonyl (C=S) groups is 1. The molecule has 0 amide bonds. The van der Waals surface area contributed by atoms with Crippen molar-refractivity contribution < 1.29 is 8.42 Å². The van der Waals surface area contributed by atoms with Crippen molar-refractivity contribution in [2.75, 3.05) is 11.9 Å². The van der Waals surface area contributed by atoms with Crippen LogP contribution in [0.15, 0.2) is 36.9 Å². The Hall–Kier alpha value is -1.44. The molecule has 1 aromatic carbocycles. The van der Waals surface area contributed by atoms with E-state index in [0.717, 1.165) is 5.69 Å². The summed E-state index contributed by atoms with van der Waals surface area (Å²) in [6, 6.07) is 6.84. The van der Waals surface area contributed by atoms with E-state index in [1.54, 1.807) is 30.3 Å². The third kappa shape index (κ3) is 5.76. The van der Waals surface area contributed by atoms with Gasteiger partial charge in [-0.25, -0.2) is 13.6 Å². The fourth-order valence-electron chi connectivity index (χ4n) is 1.26. The molecule has 98 valence electrons. The van der Waals surface area contributed by atoms with E-state index in [1.165, 1.54) is 0 Å². The van der Waals surface area contributed by atoms with Gasteiger partial charge in [0.05, 0.1) is 5.75 Å². The molecule has 7 heteroatoms. The Balaban J connectivity index is 2.60. The van der Waals surface area contributed by atoms with Crippen LogP contribution in [0.4, 0.5) is 5.69 Å². The Bertz CT molecular complexity index is 524. The van der Waals surface area contributed by atoms with Gasteiger partial charge in [0.25, 0.3) is 0 Å². The standard InChI is InChI=1S/C11H15N3O2S2/c1-2-7-13-11(17)14-10-5-3-9(4-6-10)8-18(12,15)16/h2-6H,1,7-8H2,(H2,12,15,16)(H2,13,14,17). The third-order valence-corrected chi connectivity index (χ3v) is 2.97. The highest BCUT2D eigenvalue weighted by molar-refractivity contribution is 7.88. The second-order valence-corrected chi connectivity index (χ2v) is 5.65. The number of benzene rings is 1. The molecule has 0 heterocycles. The minimum Gasteiger partial charge on any atom is -0.359 e. The molecule has 5 nitrogen and oxygen atoms in total. The summed E-state index contributed by atoms with van der Waals surface area (Å²) in [6.07, 6.45) is 1.70. The van der Waals surface area contributed by atoms with Crippen LogP contribution >= 0.6 is 12.2 Å². The van der Waals surface area contributed by atoms with Gasteiger partial charge in [-0.15, -0.1) is 6.58 Å². The average Bonchev–Trinajstić information content (AvgIpc) is 2.27. The van der Waals surface area contributed by atoms with Crippen LogP contribution in [0.25, 0.3) is 0 Å². The van der Waals surface area contributed by atoms with Crippen molar-refractivity contribution in [3.8, 4) is 0 Å². The van der Waals surface area contributed by atoms with Crippen LogP contribution in [0.2, 0.25) is 0 Å². The number of nitrogens with one attached hydrogen (secondary N) is 2. The lowest BCUT2D eigenvalue weighted by atomic mass is 10.2. The number of primary sulfonamides is 1. The zero-order chi connectivity index (χ0) is 13.6. The van der Waals surface area contributed by atoms with Crippen LogP contribution in [0.5, 0.6) is 0 Å². The Morgan fingerprint density at radius 1 is 1.39 bits per heavy atom. The summed E-state index contributed by atoms with van der Waals surface area (Å²) in [5, 5.41) is 11.3. The SMILES string of the molecule is C=CCNC(=S)Nc1ccc(CS(N)(=O)=O)cc1. The normalized spacial score (nSPS) is 10.7. The molecule has 0 atom stereocenters. The molecule has 0 unspecified atom stereocenters. The zero-order valence-corrected chi connectivity index (χ0v) is 11.4. The number of nitrogens with two attached hydrogens (primary N) is 1. The number of anilines is 1. The molecule has 0 aromatic heterocycles. The smallest absolute Gasteiger partial charge is 0.213 e. The first-order chi connectivity index (χ1) is 8.40. The van der Waals surface area contributed by atoms with E-state index < -0.39 is 10.0 Å². The second-order valence-electron chi connectivity index (χ2n) is 3.63. The first kappa shape index (κ1) is 14.6. The summed E-state index contributed by atoms with van der Waals surface area (Å²) in [6.45, 7) is 4.15. The number of sulfonamides is 1. The number of hydrogen-bond donors (Lipinski definition) is 3. The molecule has 0 aliphatic carbocycles. The van der Waals surface area contributed by atoms with Crippen LogP contribution in [0.3, 0.4) is 0 Å². The van der Waals surface area contributed by atoms with Gasteiger partial charge in [0, 0.05) is 12.2 Å². The lowest BCUT2D eigenvalue weighted by molar-refractivity contribution is 0.597. The van der Waals surface area contributed by atoms with Gasteiger partial charge < -0.3 is 10.6 Å². The fraction of sp³-hybridized carbons (Fsp3) is 0.182. The highest BCUT2D eigenvalue weighted by Gasteiger charge is 2.04. The van der Waals surface area contributed by atoms with E-state index in [4.69, 9.17) is 17.4 Å². The largest absolute Gasteiger partial charge is 0.359 e. The van der Waals surface area contributed by atoms with Crippen LogP contribution in [0.1, 0.15) is 5.56 Å². The van der Waals surface area contributed by atoms with Crippen molar-refractivity contribution in [3.05, 3.63) is 42.5 Å². The van der Waals surface area contributed by atoms with Gasteiger partial charge >= 0.3 is 0 Å². The van der Waals surface area contributed by atoms with Gasteiger partial charge in [-0.2, -0.15) is 0 Å². The molecular formula is C11H15N3O2S2. The highest BCUT2D eigenvalue weighted by Crippen LogP contribution is 2.11. The zero-order valence-electron chi connectivity index (χ0n) is 9.72. The molecule has 0 fully saturated rings. The van der Waals surface area contributed by atoms with Crippen molar-refractivity contribution in [2.24, 2.45) is 5.14 Å². The molecule has 4 N–H and O–H groups in total. The monoisotopic (exact) mass is 285 g/mol. The lowest BCUT2D eigenvalue weighted by Gasteiger charge is -2.09. The number of rotatable bonds is 5. The van der Waals surface area contributed by atoms with E-state index >= 15 is 0 Å². The van der Waals surface area contributed by atoms with Crippen molar-refractivity contribution >= 4 is 33.0 Å². The molecule has 0 aliphatic heterocycles. The molecule has 0 aliphatic rings. The van der Waals surface area contributed by atoms with E-state index in [1.807, 2.05) is 0 Å². The predicted molar refractivity (Wildman–Crippen MR) is 77.7 cm³/mol. The van der Waals surface area contributed by atoms with Crippen molar-refractivity contribution in [2.45, 2.75) is 5.75 Å². The minimum absolute atomic E-state index is 0.174. The highest BCUT2D eigenvalue weighted by atomic mass is 32.2. The summed E-state index contributed by atoms with van der Waals surface area (Å²) in [4.78, 5) is 0. The first-order valence-corrected chi connectivity index (χ1v) is 7.28. The Morgan fingerprint density at radius 3 is 2.50 bits per heavy atom. The van der Waals surface area contributed by atoms with E-state index in [0.29, 0.717) is 17.2 Å². The predicted octanol–water partition coefficient (Wildman–Crippen LogP) is 0.947. The van der Waals surface area contributed by atoms with E-state index in [-0.39, 0.29) is 5.75 Å². The molecule has 0 saturated heterocycles. The summed E-state index contributed by atoms with van der Waals surface area (Å²) in [7, 11) is -3.49. The molecule has 0 spiro atoms. The molecule has 0 radical (unpaired) electrons. The van der Waals surface area contributed by atoms with E-state index in [9.17, 15) is 8.42 Å². The van der Waals surface area contributed by atoms with Crippen molar-refractivity contribution in [3.63, 3.8) is 0 Å². The van der Waals surface area contributed by atoms with Crippen molar-refractivity contribution in [1.82, 2.24) is 5.32 Å². The van der Waals surface area contributed by atoms with Gasteiger partial charge in [-0.05, 0) is 29.9 Å². The maximum Gasteiger partial charge on any atom is 0.213 e. The van der Waals surface area contributed by atoms with Crippen LogP contribution < -0.4 is 15.8 Å². The third-order valence-electron chi connectivity index (χ3n) is 1.99. The second kappa shape index (κ2) is 6.48. The van der Waals surface area contributed by atoms with E-state index in [2.05, 4.69) is 17.2 Å².